The number of anilines is 1. The van der Waals surface area contributed by atoms with E-state index >= 15 is 0 Å². The van der Waals surface area contributed by atoms with Gasteiger partial charge in [0.1, 0.15) is 0 Å². The third-order valence-corrected chi connectivity index (χ3v) is 3.09. The highest BCUT2D eigenvalue weighted by Gasteiger charge is 2.24. The standard InChI is InChI=1S/C12H20N4/c1-8-5-14-11(4)12(15-8)16-7-9(2)13-6-10(16)3/h5,9-10,13H,6-7H2,1-4H3. The Kier molecular flexibility index (Phi) is 3.10. The maximum atomic E-state index is 4.62. The molecule has 0 aliphatic carbocycles. The molecule has 0 saturated carbocycles. The number of rotatable bonds is 1. The Morgan fingerprint density at radius 3 is 2.88 bits per heavy atom. The van der Waals surface area contributed by atoms with Crippen LogP contribution in [0, 0.1) is 13.8 Å². The van der Waals surface area contributed by atoms with E-state index in [1.54, 1.807) is 0 Å². The summed E-state index contributed by atoms with van der Waals surface area (Å²) in [4.78, 5) is 11.4. The second-order valence-electron chi connectivity index (χ2n) is 4.73. The molecule has 2 heterocycles. The van der Waals surface area contributed by atoms with Gasteiger partial charge in [-0.05, 0) is 27.7 Å². The first-order valence-corrected chi connectivity index (χ1v) is 5.88. The van der Waals surface area contributed by atoms with Crippen LogP contribution >= 0.6 is 0 Å². The monoisotopic (exact) mass is 220 g/mol. The molecule has 0 amide bonds. The van der Waals surface area contributed by atoms with Crippen molar-refractivity contribution in [3.8, 4) is 0 Å². The van der Waals surface area contributed by atoms with Crippen LogP contribution < -0.4 is 10.2 Å². The first-order valence-electron chi connectivity index (χ1n) is 5.88. The molecule has 16 heavy (non-hydrogen) atoms. The fraction of sp³-hybridized carbons (Fsp3) is 0.667. The van der Waals surface area contributed by atoms with E-state index in [9.17, 15) is 0 Å². The normalized spacial score (nSPS) is 25.9. The predicted molar refractivity (Wildman–Crippen MR) is 65.8 cm³/mol. The lowest BCUT2D eigenvalue weighted by Gasteiger charge is -2.38. The van der Waals surface area contributed by atoms with Crippen molar-refractivity contribution in [1.82, 2.24) is 15.3 Å². The van der Waals surface area contributed by atoms with Gasteiger partial charge in [-0.2, -0.15) is 0 Å². The molecule has 1 aliphatic rings. The van der Waals surface area contributed by atoms with Crippen LogP contribution in [-0.2, 0) is 0 Å². The summed E-state index contributed by atoms with van der Waals surface area (Å²) in [7, 11) is 0. The molecule has 4 heteroatoms. The van der Waals surface area contributed by atoms with Crippen molar-refractivity contribution in [3.05, 3.63) is 17.6 Å². The molecule has 1 aromatic heterocycles. The third-order valence-electron chi connectivity index (χ3n) is 3.09. The van der Waals surface area contributed by atoms with Crippen LogP contribution in [0.15, 0.2) is 6.20 Å². The molecule has 0 spiro atoms. The van der Waals surface area contributed by atoms with Gasteiger partial charge in [0.25, 0.3) is 0 Å². The summed E-state index contributed by atoms with van der Waals surface area (Å²) in [5, 5.41) is 3.48. The van der Waals surface area contributed by atoms with Gasteiger partial charge in [-0.15, -0.1) is 0 Å². The van der Waals surface area contributed by atoms with E-state index in [2.05, 4.69) is 34.0 Å². The zero-order chi connectivity index (χ0) is 11.7. The first kappa shape index (κ1) is 11.3. The number of aromatic nitrogens is 2. The average molecular weight is 220 g/mol. The van der Waals surface area contributed by atoms with Crippen molar-refractivity contribution in [2.24, 2.45) is 0 Å². The summed E-state index contributed by atoms with van der Waals surface area (Å²) in [5.74, 6) is 1.04. The predicted octanol–water partition coefficient (Wildman–Crippen LogP) is 1.28. The van der Waals surface area contributed by atoms with Gasteiger partial charge in [0.05, 0.1) is 11.4 Å². The molecular weight excluding hydrogens is 200 g/mol. The highest BCUT2D eigenvalue weighted by Crippen LogP contribution is 2.20. The molecular formula is C12H20N4. The van der Waals surface area contributed by atoms with E-state index in [1.165, 1.54) is 0 Å². The van der Waals surface area contributed by atoms with Crippen LogP contribution in [0.3, 0.4) is 0 Å². The van der Waals surface area contributed by atoms with Crippen LogP contribution in [0.5, 0.6) is 0 Å². The van der Waals surface area contributed by atoms with Crippen molar-refractivity contribution in [2.75, 3.05) is 18.0 Å². The molecule has 1 saturated heterocycles. The van der Waals surface area contributed by atoms with Crippen molar-refractivity contribution in [3.63, 3.8) is 0 Å². The quantitative estimate of drug-likeness (QED) is 0.774. The minimum Gasteiger partial charge on any atom is -0.350 e. The molecule has 1 N–H and O–H groups in total. The van der Waals surface area contributed by atoms with Gasteiger partial charge in [0.15, 0.2) is 5.82 Å². The number of piperazine rings is 1. The van der Waals surface area contributed by atoms with Gasteiger partial charge < -0.3 is 10.2 Å². The molecule has 2 unspecified atom stereocenters. The van der Waals surface area contributed by atoms with Crippen LogP contribution in [0.1, 0.15) is 25.2 Å². The van der Waals surface area contributed by atoms with E-state index in [4.69, 9.17) is 0 Å². The zero-order valence-corrected chi connectivity index (χ0v) is 10.5. The van der Waals surface area contributed by atoms with Gasteiger partial charge in [-0.25, -0.2) is 4.98 Å². The Morgan fingerprint density at radius 2 is 2.12 bits per heavy atom. The van der Waals surface area contributed by atoms with Gasteiger partial charge in [-0.1, -0.05) is 0 Å². The minimum absolute atomic E-state index is 0.478. The second-order valence-corrected chi connectivity index (χ2v) is 4.73. The molecule has 4 nitrogen and oxygen atoms in total. The second kappa shape index (κ2) is 4.37. The fourth-order valence-corrected chi connectivity index (χ4v) is 2.11. The molecule has 0 radical (unpaired) electrons. The Morgan fingerprint density at radius 1 is 1.38 bits per heavy atom. The van der Waals surface area contributed by atoms with Crippen LogP contribution in [0.4, 0.5) is 5.82 Å². The van der Waals surface area contributed by atoms with Gasteiger partial charge in [-0.3, -0.25) is 4.98 Å². The Balaban J connectivity index is 2.30. The smallest absolute Gasteiger partial charge is 0.150 e. The molecule has 0 bridgehead atoms. The van der Waals surface area contributed by atoms with Crippen LogP contribution in [0.25, 0.3) is 0 Å². The molecule has 2 rings (SSSR count). The van der Waals surface area contributed by atoms with Crippen molar-refractivity contribution in [1.29, 1.82) is 0 Å². The van der Waals surface area contributed by atoms with Gasteiger partial charge >= 0.3 is 0 Å². The number of aryl methyl sites for hydroxylation is 2. The lowest BCUT2D eigenvalue weighted by molar-refractivity contribution is 0.421. The summed E-state index contributed by atoms with van der Waals surface area (Å²) in [6, 6.07) is 0.990. The highest BCUT2D eigenvalue weighted by atomic mass is 15.3. The Labute approximate surface area is 97.1 Å². The average Bonchev–Trinajstić information content (AvgIpc) is 2.25. The summed E-state index contributed by atoms with van der Waals surface area (Å²) >= 11 is 0. The van der Waals surface area contributed by atoms with Gasteiger partial charge in [0, 0.05) is 31.4 Å². The number of nitrogens with one attached hydrogen (secondary N) is 1. The molecule has 0 aromatic carbocycles. The Hall–Kier alpha value is -1.16. The number of hydrogen-bond acceptors (Lipinski definition) is 4. The number of hydrogen-bond donors (Lipinski definition) is 1. The molecule has 1 aliphatic heterocycles. The summed E-state index contributed by atoms with van der Waals surface area (Å²) < 4.78 is 0. The molecule has 1 fully saturated rings. The van der Waals surface area contributed by atoms with Crippen molar-refractivity contribution >= 4 is 5.82 Å². The Bertz CT molecular complexity index is 377. The fourth-order valence-electron chi connectivity index (χ4n) is 2.11. The van der Waals surface area contributed by atoms with Crippen LogP contribution in [-0.4, -0.2) is 35.1 Å². The maximum Gasteiger partial charge on any atom is 0.150 e. The summed E-state index contributed by atoms with van der Waals surface area (Å²) in [5.41, 5.74) is 2.01. The third kappa shape index (κ3) is 2.16. The minimum atomic E-state index is 0.478. The van der Waals surface area contributed by atoms with Crippen LogP contribution in [0.2, 0.25) is 0 Å². The number of nitrogens with zero attached hydrogens (tertiary/aromatic N) is 3. The van der Waals surface area contributed by atoms with Crippen molar-refractivity contribution in [2.45, 2.75) is 39.8 Å². The zero-order valence-electron chi connectivity index (χ0n) is 10.5. The summed E-state index contributed by atoms with van der Waals surface area (Å²) in [6.07, 6.45) is 1.83. The topological polar surface area (TPSA) is 41.1 Å². The lowest BCUT2D eigenvalue weighted by Crippen LogP contribution is -2.55. The largest absolute Gasteiger partial charge is 0.350 e. The highest BCUT2D eigenvalue weighted by molar-refractivity contribution is 5.45. The van der Waals surface area contributed by atoms with E-state index in [0.29, 0.717) is 12.1 Å². The maximum absolute atomic E-state index is 4.62. The van der Waals surface area contributed by atoms with E-state index in [0.717, 1.165) is 30.3 Å². The first-order chi connectivity index (χ1) is 7.58. The van der Waals surface area contributed by atoms with E-state index in [-0.39, 0.29) is 0 Å². The molecule has 88 valence electrons. The van der Waals surface area contributed by atoms with Crippen molar-refractivity contribution < 1.29 is 0 Å². The summed E-state index contributed by atoms with van der Waals surface area (Å²) in [6.45, 7) is 10.5. The lowest BCUT2D eigenvalue weighted by atomic mass is 10.1. The van der Waals surface area contributed by atoms with E-state index < -0.39 is 0 Å². The van der Waals surface area contributed by atoms with E-state index in [1.807, 2.05) is 20.0 Å². The molecule has 2 atom stereocenters. The SMILES string of the molecule is Cc1cnc(C)c(N2CC(C)NCC2C)n1. The molecule has 1 aromatic rings. The van der Waals surface area contributed by atoms with Gasteiger partial charge in [0.2, 0.25) is 0 Å².